The molecule has 26 heavy (non-hydrogen) atoms. The Labute approximate surface area is 157 Å². The lowest BCUT2D eigenvalue weighted by atomic mass is 10.2. The van der Waals surface area contributed by atoms with Gasteiger partial charge in [-0.3, -0.25) is 4.72 Å². The number of thiol groups is 1. The van der Waals surface area contributed by atoms with Crippen molar-refractivity contribution >= 4 is 18.9 Å². The molecule has 2 heterocycles. The minimum Gasteiger partial charge on any atom is -0.444 e. The summed E-state index contributed by atoms with van der Waals surface area (Å²) in [6.45, 7) is 9.81. The number of amides is 1. The van der Waals surface area contributed by atoms with Crippen molar-refractivity contribution in [1.29, 1.82) is 0 Å². The molecule has 0 saturated carbocycles. The van der Waals surface area contributed by atoms with Crippen LogP contribution in [-0.4, -0.2) is 39.2 Å². The molecule has 1 amide bonds. The van der Waals surface area contributed by atoms with Crippen molar-refractivity contribution in [2.24, 2.45) is 0 Å². The minimum absolute atomic E-state index is 0.0325. The molecule has 0 fully saturated rings. The third-order valence-electron chi connectivity index (χ3n) is 3.47. The molecule has 0 atom stereocenters. The van der Waals surface area contributed by atoms with E-state index in [9.17, 15) is 18.0 Å². The van der Waals surface area contributed by atoms with Crippen LogP contribution in [-0.2, 0) is 30.4 Å². The van der Waals surface area contributed by atoms with Crippen molar-refractivity contribution in [2.75, 3.05) is 13.1 Å². The Bertz CT molecular complexity index is 612. The molecule has 0 aliphatic carbocycles. The minimum atomic E-state index is -4.53. The zero-order chi connectivity index (χ0) is 20.1. The molecule has 6 nitrogen and oxygen atoms in total. The largest absolute Gasteiger partial charge is 0.449 e. The summed E-state index contributed by atoms with van der Waals surface area (Å²) in [5.74, 6) is -0.921. The first-order valence-electron chi connectivity index (χ1n) is 8.53. The number of hydrogen-bond donors (Lipinski definition) is 2. The Morgan fingerprint density at radius 3 is 2.38 bits per heavy atom. The number of halogens is 3. The van der Waals surface area contributed by atoms with Crippen LogP contribution < -0.4 is 4.72 Å². The van der Waals surface area contributed by atoms with E-state index in [1.807, 2.05) is 13.8 Å². The van der Waals surface area contributed by atoms with Gasteiger partial charge in [-0.25, -0.2) is 9.78 Å². The van der Waals surface area contributed by atoms with E-state index in [1.54, 1.807) is 20.8 Å². The summed E-state index contributed by atoms with van der Waals surface area (Å²) >= 11 is 3.85. The summed E-state index contributed by atoms with van der Waals surface area (Å²) < 4.78 is 48.6. The molecule has 2 rings (SSSR count). The monoisotopic (exact) mass is 396 g/mol. The summed E-state index contributed by atoms with van der Waals surface area (Å²) in [5, 5.41) is 0. The number of hydrogen-bond acceptors (Lipinski definition) is 5. The van der Waals surface area contributed by atoms with Gasteiger partial charge in [-0.2, -0.15) is 13.2 Å². The lowest BCUT2D eigenvalue weighted by molar-refractivity contribution is -0.147. The maximum Gasteiger partial charge on any atom is 0.449 e. The number of ether oxygens (including phenoxy) is 1. The Morgan fingerprint density at radius 1 is 1.27 bits per heavy atom. The topological polar surface area (TPSA) is 59.4 Å². The fourth-order valence-electron chi connectivity index (χ4n) is 2.51. The molecular weight excluding hydrogens is 369 g/mol. The van der Waals surface area contributed by atoms with E-state index in [-0.39, 0.29) is 26.1 Å². The molecule has 1 N–H and O–H groups in total. The van der Waals surface area contributed by atoms with Gasteiger partial charge >= 0.3 is 12.3 Å². The van der Waals surface area contributed by atoms with Gasteiger partial charge in [-0.1, -0.05) is 26.7 Å². The van der Waals surface area contributed by atoms with Gasteiger partial charge < -0.3 is 14.2 Å². The van der Waals surface area contributed by atoms with Gasteiger partial charge in [0.25, 0.3) is 0 Å². The molecule has 1 aliphatic rings. The second kappa shape index (κ2) is 8.98. The third-order valence-corrected chi connectivity index (χ3v) is 3.69. The van der Waals surface area contributed by atoms with Crippen LogP contribution in [0, 0.1) is 0 Å². The van der Waals surface area contributed by atoms with Crippen molar-refractivity contribution in [3.05, 3.63) is 17.2 Å². The number of nitrogens with zero attached hydrogens (tertiary/aromatic N) is 3. The normalized spacial score (nSPS) is 14.4. The molecule has 0 bridgehead atoms. The van der Waals surface area contributed by atoms with E-state index >= 15 is 0 Å². The second-order valence-electron chi connectivity index (χ2n) is 6.54. The van der Waals surface area contributed by atoms with Crippen LogP contribution >= 0.6 is 12.8 Å². The molecule has 1 aromatic heterocycles. The number of imidazole rings is 1. The Morgan fingerprint density at radius 2 is 1.88 bits per heavy atom. The summed E-state index contributed by atoms with van der Waals surface area (Å²) in [5.41, 5.74) is 0.0465. The first-order chi connectivity index (χ1) is 12.0. The van der Waals surface area contributed by atoms with Crippen LogP contribution in [0.5, 0.6) is 0 Å². The average molecular weight is 396 g/mol. The predicted molar refractivity (Wildman–Crippen MR) is 95.9 cm³/mol. The first kappa shape index (κ1) is 22.6. The van der Waals surface area contributed by atoms with Gasteiger partial charge in [0.05, 0.1) is 17.9 Å². The molecule has 1 aromatic rings. The smallest absolute Gasteiger partial charge is 0.444 e. The van der Waals surface area contributed by atoms with E-state index in [0.29, 0.717) is 17.9 Å². The Balaban J connectivity index is 0.00000163. The molecule has 0 spiro atoms. The fraction of sp³-hybridized carbons (Fsp3) is 0.750. The molecule has 1 aliphatic heterocycles. The first-order valence-corrected chi connectivity index (χ1v) is 8.98. The molecule has 0 aromatic carbocycles. The summed E-state index contributed by atoms with van der Waals surface area (Å²) in [7, 11) is 0. The van der Waals surface area contributed by atoms with Gasteiger partial charge in [-0.05, 0) is 20.8 Å². The highest BCUT2D eigenvalue weighted by Crippen LogP contribution is 2.32. The summed E-state index contributed by atoms with van der Waals surface area (Å²) in [4.78, 5) is 17.3. The zero-order valence-electron chi connectivity index (χ0n) is 15.8. The van der Waals surface area contributed by atoms with Gasteiger partial charge in [0.2, 0.25) is 5.82 Å². The molecule has 0 radical (unpaired) electrons. The van der Waals surface area contributed by atoms with Crippen molar-refractivity contribution in [2.45, 2.75) is 65.9 Å². The van der Waals surface area contributed by atoms with Crippen LogP contribution in [0.4, 0.5) is 18.0 Å². The number of carbonyl (C=O) groups is 1. The van der Waals surface area contributed by atoms with Gasteiger partial charge in [-0.15, -0.1) is 0 Å². The number of rotatable bonds is 3. The van der Waals surface area contributed by atoms with Crippen molar-refractivity contribution < 1.29 is 22.7 Å². The van der Waals surface area contributed by atoms with E-state index in [4.69, 9.17) is 4.74 Å². The summed E-state index contributed by atoms with van der Waals surface area (Å²) in [6.07, 6.45) is -4.78. The van der Waals surface area contributed by atoms with Crippen LogP contribution in [0.1, 0.15) is 51.8 Å². The average Bonchev–Trinajstić information content (AvgIpc) is 2.91. The number of nitrogens with one attached hydrogen (secondary N) is 1. The maximum absolute atomic E-state index is 13.2. The third kappa shape index (κ3) is 5.80. The van der Waals surface area contributed by atoms with Crippen LogP contribution in [0.3, 0.4) is 0 Å². The lowest BCUT2D eigenvalue weighted by Crippen LogP contribution is -2.42. The van der Waals surface area contributed by atoms with E-state index in [0.717, 1.165) is 4.57 Å². The van der Waals surface area contributed by atoms with Gasteiger partial charge in [0, 0.05) is 26.1 Å². The quantitative estimate of drug-likeness (QED) is 0.766. The molecule has 0 saturated heterocycles. The fourth-order valence-corrected chi connectivity index (χ4v) is 2.62. The van der Waals surface area contributed by atoms with Crippen molar-refractivity contribution in [3.8, 4) is 0 Å². The van der Waals surface area contributed by atoms with Crippen LogP contribution in [0.2, 0.25) is 0 Å². The zero-order valence-corrected chi connectivity index (χ0v) is 16.7. The highest BCUT2D eigenvalue weighted by Gasteiger charge is 2.40. The van der Waals surface area contributed by atoms with E-state index < -0.39 is 23.7 Å². The molecule has 10 heteroatoms. The molecule has 0 unspecified atom stereocenters. The van der Waals surface area contributed by atoms with Gasteiger partial charge in [0.15, 0.2) is 0 Å². The van der Waals surface area contributed by atoms with Crippen LogP contribution in [0.25, 0.3) is 0 Å². The highest BCUT2D eigenvalue weighted by atomic mass is 32.1. The highest BCUT2D eigenvalue weighted by molar-refractivity contribution is 7.78. The number of aromatic nitrogens is 2. The molecule has 150 valence electrons. The maximum atomic E-state index is 13.2. The van der Waals surface area contributed by atoms with Crippen molar-refractivity contribution in [1.82, 2.24) is 19.2 Å². The SMILES string of the molecule is CC.CC(C)(C)OC(=O)N1CCn2c(C(F)(F)F)nc(CCNS)c2C1. The van der Waals surface area contributed by atoms with Crippen molar-refractivity contribution in [3.63, 3.8) is 0 Å². The van der Waals surface area contributed by atoms with Crippen LogP contribution in [0.15, 0.2) is 0 Å². The Hall–Kier alpha value is -1.42. The second-order valence-corrected chi connectivity index (χ2v) is 6.85. The number of carbonyl (C=O) groups excluding carboxylic acids is 1. The standard InChI is InChI=1S/C14H21F3N4O2S.C2H6/c1-13(2,3)23-12(22)20-6-7-21-10(8-20)9(4-5-18-24)19-11(21)14(15,16)17;1-2/h18,24H,4-8H2,1-3H3;1-2H3. The van der Waals surface area contributed by atoms with E-state index in [1.165, 1.54) is 4.90 Å². The Kier molecular flexibility index (Phi) is 7.82. The summed E-state index contributed by atoms with van der Waals surface area (Å²) in [6, 6.07) is 0. The number of fused-ring (bicyclic) bond motifs is 1. The lowest BCUT2D eigenvalue weighted by Gasteiger charge is -2.31. The van der Waals surface area contributed by atoms with Gasteiger partial charge in [0.1, 0.15) is 5.60 Å². The predicted octanol–water partition coefficient (Wildman–Crippen LogP) is 3.66. The molecular formula is C16H27F3N4O2S. The van der Waals surface area contributed by atoms with E-state index in [2.05, 4.69) is 22.5 Å². The number of alkyl halides is 3.